The molecule has 0 amide bonds. The van der Waals surface area contributed by atoms with E-state index in [-0.39, 0.29) is 0 Å². The highest BCUT2D eigenvalue weighted by molar-refractivity contribution is 5.43. The molecule has 0 heterocycles. The largest absolute Gasteiger partial charge is 0.490 e. The molecule has 0 bridgehead atoms. The molecule has 4 heteroatoms. The average Bonchev–Trinajstić information content (AvgIpc) is 2.65. The van der Waals surface area contributed by atoms with Crippen molar-refractivity contribution in [3.8, 4) is 11.5 Å². The molecule has 0 aliphatic carbocycles. The second kappa shape index (κ2) is 11.6. The number of benzene rings is 2. The second-order valence-electron chi connectivity index (χ2n) is 6.37. The van der Waals surface area contributed by atoms with Crippen molar-refractivity contribution in [1.29, 1.82) is 0 Å². The van der Waals surface area contributed by atoms with Crippen LogP contribution in [0.4, 0.5) is 0 Å². The lowest BCUT2D eigenvalue weighted by molar-refractivity contribution is 0.269. The van der Waals surface area contributed by atoms with Gasteiger partial charge in [0.25, 0.3) is 0 Å². The normalized spacial score (nSPS) is 10.7. The van der Waals surface area contributed by atoms with E-state index in [2.05, 4.69) is 60.9 Å². The first-order valence-corrected chi connectivity index (χ1v) is 9.58. The van der Waals surface area contributed by atoms with Crippen LogP contribution in [-0.2, 0) is 13.2 Å². The van der Waals surface area contributed by atoms with Gasteiger partial charge in [0, 0.05) is 6.54 Å². The molecule has 4 nitrogen and oxygen atoms in total. The maximum atomic E-state index is 5.99. The monoisotopic (exact) mass is 356 g/mol. The van der Waals surface area contributed by atoms with E-state index in [1.165, 1.54) is 11.1 Å². The molecule has 0 saturated carbocycles. The van der Waals surface area contributed by atoms with Crippen LogP contribution in [0.5, 0.6) is 11.5 Å². The topological polar surface area (TPSA) is 42.5 Å². The van der Waals surface area contributed by atoms with Crippen LogP contribution >= 0.6 is 0 Å². The molecule has 0 unspecified atom stereocenters. The number of rotatable bonds is 12. The molecule has 2 aromatic carbocycles. The number of nitrogens with one attached hydrogen (secondary N) is 2. The van der Waals surface area contributed by atoms with Crippen LogP contribution in [0.3, 0.4) is 0 Å². The molecule has 2 aromatic rings. The molecular weight excluding hydrogens is 324 g/mol. The number of aryl methyl sites for hydroxylation is 1. The van der Waals surface area contributed by atoms with Crippen LogP contribution in [0, 0.1) is 6.92 Å². The van der Waals surface area contributed by atoms with E-state index in [0.29, 0.717) is 13.2 Å². The molecule has 0 fully saturated rings. The predicted molar refractivity (Wildman–Crippen MR) is 108 cm³/mol. The Morgan fingerprint density at radius 3 is 2.27 bits per heavy atom. The molecule has 0 aliphatic rings. The highest BCUT2D eigenvalue weighted by Crippen LogP contribution is 2.29. The van der Waals surface area contributed by atoms with Gasteiger partial charge in [0.05, 0.1) is 6.61 Å². The highest BCUT2D eigenvalue weighted by atomic mass is 16.5. The van der Waals surface area contributed by atoms with Crippen LogP contribution < -0.4 is 20.1 Å². The van der Waals surface area contributed by atoms with Crippen molar-refractivity contribution in [2.45, 2.75) is 40.3 Å². The minimum absolute atomic E-state index is 0.544. The zero-order valence-electron chi connectivity index (χ0n) is 16.3. The third-order valence-electron chi connectivity index (χ3n) is 4.11. The summed E-state index contributed by atoms with van der Waals surface area (Å²) in [5.74, 6) is 1.61. The molecule has 0 radical (unpaired) electrons. The summed E-state index contributed by atoms with van der Waals surface area (Å²) < 4.78 is 11.8. The van der Waals surface area contributed by atoms with Gasteiger partial charge in [-0.2, -0.15) is 0 Å². The fourth-order valence-electron chi connectivity index (χ4n) is 2.64. The van der Waals surface area contributed by atoms with E-state index in [1.807, 2.05) is 13.0 Å². The van der Waals surface area contributed by atoms with Crippen molar-refractivity contribution in [3.63, 3.8) is 0 Å². The Kier molecular flexibility index (Phi) is 9.01. The highest BCUT2D eigenvalue weighted by Gasteiger charge is 2.07. The Morgan fingerprint density at radius 1 is 0.808 bits per heavy atom. The van der Waals surface area contributed by atoms with Crippen molar-refractivity contribution in [1.82, 2.24) is 10.6 Å². The van der Waals surface area contributed by atoms with Crippen LogP contribution in [0.2, 0.25) is 0 Å². The molecule has 0 atom stereocenters. The van der Waals surface area contributed by atoms with Gasteiger partial charge in [-0.05, 0) is 63.2 Å². The summed E-state index contributed by atoms with van der Waals surface area (Å²) >= 11 is 0. The van der Waals surface area contributed by atoms with Crippen molar-refractivity contribution in [2.24, 2.45) is 0 Å². The van der Waals surface area contributed by atoms with E-state index in [9.17, 15) is 0 Å². The minimum Gasteiger partial charge on any atom is -0.490 e. The van der Waals surface area contributed by atoms with Gasteiger partial charge in [0.2, 0.25) is 0 Å². The summed E-state index contributed by atoms with van der Waals surface area (Å²) in [6.07, 6.45) is 1.13. The number of hydrogen-bond donors (Lipinski definition) is 2. The van der Waals surface area contributed by atoms with Crippen molar-refractivity contribution in [3.05, 3.63) is 59.2 Å². The summed E-state index contributed by atoms with van der Waals surface area (Å²) in [7, 11) is 0. The van der Waals surface area contributed by atoms with Crippen molar-refractivity contribution < 1.29 is 9.47 Å². The Balaban J connectivity index is 1.89. The lowest BCUT2D eigenvalue weighted by Gasteiger charge is -2.14. The summed E-state index contributed by atoms with van der Waals surface area (Å²) in [5, 5.41) is 6.81. The molecular formula is C22H32N2O2. The fraction of sp³-hybridized carbons (Fsp3) is 0.455. The maximum Gasteiger partial charge on any atom is 0.161 e. The quantitative estimate of drug-likeness (QED) is 0.563. The lowest BCUT2D eigenvalue weighted by atomic mass is 10.1. The first-order chi connectivity index (χ1) is 12.7. The maximum absolute atomic E-state index is 5.99. The molecule has 2 N–H and O–H groups in total. The van der Waals surface area contributed by atoms with Gasteiger partial charge in [0.15, 0.2) is 11.5 Å². The third kappa shape index (κ3) is 7.06. The SMILES string of the molecule is CCNCCCNCc1ccc(OCc2ccc(C)cc2)c(OCC)c1. The Hall–Kier alpha value is -2.04. The van der Waals surface area contributed by atoms with E-state index in [1.54, 1.807) is 0 Å². The Bertz CT molecular complexity index is 641. The summed E-state index contributed by atoms with van der Waals surface area (Å²) in [4.78, 5) is 0. The molecule has 2 rings (SSSR count). The number of ether oxygens (including phenoxy) is 2. The van der Waals surface area contributed by atoms with E-state index in [0.717, 1.165) is 49.7 Å². The van der Waals surface area contributed by atoms with Crippen LogP contribution in [-0.4, -0.2) is 26.2 Å². The first kappa shape index (κ1) is 20.3. The van der Waals surface area contributed by atoms with Gasteiger partial charge in [-0.15, -0.1) is 0 Å². The lowest BCUT2D eigenvalue weighted by Crippen LogP contribution is -2.21. The van der Waals surface area contributed by atoms with Gasteiger partial charge in [-0.1, -0.05) is 42.8 Å². The van der Waals surface area contributed by atoms with Gasteiger partial charge in [-0.3, -0.25) is 0 Å². The summed E-state index contributed by atoms with van der Waals surface area (Å²) in [5.41, 5.74) is 3.62. The molecule has 0 spiro atoms. The molecule has 142 valence electrons. The van der Waals surface area contributed by atoms with Gasteiger partial charge >= 0.3 is 0 Å². The fourth-order valence-corrected chi connectivity index (χ4v) is 2.64. The van der Waals surface area contributed by atoms with Crippen LogP contribution in [0.15, 0.2) is 42.5 Å². The van der Waals surface area contributed by atoms with E-state index in [4.69, 9.17) is 9.47 Å². The minimum atomic E-state index is 0.544. The molecule has 26 heavy (non-hydrogen) atoms. The zero-order chi connectivity index (χ0) is 18.6. The van der Waals surface area contributed by atoms with Crippen molar-refractivity contribution in [2.75, 3.05) is 26.2 Å². The van der Waals surface area contributed by atoms with Gasteiger partial charge < -0.3 is 20.1 Å². The number of hydrogen-bond acceptors (Lipinski definition) is 4. The molecule has 0 saturated heterocycles. The van der Waals surface area contributed by atoms with Crippen LogP contribution in [0.25, 0.3) is 0 Å². The third-order valence-corrected chi connectivity index (χ3v) is 4.11. The molecule has 0 aromatic heterocycles. The standard InChI is InChI=1S/C22H32N2O2/c1-4-23-13-6-14-24-16-20-11-12-21(22(15-20)25-5-2)26-17-19-9-7-18(3)8-10-19/h7-12,15,23-24H,4-6,13-14,16-17H2,1-3H3. The summed E-state index contributed by atoms with van der Waals surface area (Å²) in [6, 6.07) is 14.6. The van der Waals surface area contributed by atoms with Crippen LogP contribution in [0.1, 0.15) is 37.0 Å². The van der Waals surface area contributed by atoms with E-state index >= 15 is 0 Å². The smallest absolute Gasteiger partial charge is 0.161 e. The van der Waals surface area contributed by atoms with Gasteiger partial charge in [0.1, 0.15) is 6.61 Å². The molecule has 0 aliphatic heterocycles. The summed E-state index contributed by atoms with van der Waals surface area (Å²) in [6.45, 7) is 11.3. The van der Waals surface area contributed by atoms with Crippen molar-refractivity contribution >= 4 is 0 Å². The second-order valence-corrected chi connectivity index (χ2v) is 6.37. The Labute approximate surface area is 157 Å². The average molecular weight is 357 g/mol. The predicted octanol–water partition coefficient (Wildman–Crippen LogP) is 4.06. The Morgan fingerprint density at radius 2 is 1.54 bits per heavy atom. The van der Waals surface area contributed by atoms with E-state index < -0.39 is 0 Å². The first-order valence-electron chi connectivity index (χ1n) is 9.58. The zero-order valence-corrected chi connectivity index (χ0v) is 16.3. The van der Waals surface area contributed by atoms with Gasteiger partial charge in [-0.25, -0.2) is 0 Å².